The van der Waals surface area contributed by atoms with E-state index in [0.717, 1.165) is 43.8 Å². The Labute approximate surface area is 169 Å². The molecule has 0 aliphatic rings. The van der Waals surface area contributed by atoms with Crippen LogP contribution in [0.4, 0.5) is 0 Å². The van der Waals surface area contributed by atoms with Crippen molar-refractivity contribution in [3.8, 4) is 22.3 Å². The SMILES string of the molecule is OB(O)c1c2ccccc2cc2ccc(-c3ccccc3-c3ccccc3)cc12. The van der Waals surface area contributed by atoms with Gasteiger partial charge >= 0.3 is 7.12 Å². The molecule has 5 aromatic carbocycles. The van der Waals surface area contributed by atoms with E-state index in [9.17, 15) is 10.0 Å². The standard InChI is InChI=1S/C26H19BO2/c28-27(29)26-24-13-5-4-10-19(24)16-20-14-15-21(17-25(20)26)23-12-7-6-11-22(23)18-8-2-1-3-9-18/h1-17,28-29H. The first-order chi connectivity index (χ1) is 14.2. The molecular formula is C26H19BO2. The van der Waals surface area contributed by atoms with Crippen LogP contribution in [0.1, 0.15) is 0 Å². The van der Waals surface area contributed by atoms with Gasteiger partial charge in [-0.2, -0.15) is 0 Å². The third-order valence-corrected chi connectivity index (χ3v) is 5.49. The smallest absolute Gasteiger partial charge is 0.423 e. The van der Waals surface area contributed by atoms with E-state index in [2.05, 4.69) is 48.5 Å². The molecule has 138 valence electrons. The summed E-state index contributed by atoms with van der Waals surface area (Å²) in [6.45, 7) is 0. The van der Waals surface area contributed by atoms with Crippen molar-refractivity contribution >= 4 is 34.1 Å². The molecule has 0 atom stereocenters. The van der Waals surface area contributed by atoms with Gasteiger partial charge in [-0.05, 0) is 61.4 Å². The maximum Gasteiger partial charge on any atom is 0.489 e. The van der Waals surface area contributed by atoms with E-state index in [0.29, 0.717) is 5.46 Å². The van der Waals surface area contributed by atoms with Crippen LogP contribution in [0.5, 0.6) is 0 Å². The van der Waals surface area contributed by atoms with Crippen molar-refractivity contribution in [1.29, 1.82) is 0 Å². The topological polar surface area (TPSA) is 40.5 Å². The van der Waals surface area contributed by atoms with Gasteiger partial charge < -0.3 is 10.0 Å². The van der Waals surface area contributed by atoms with Crippen LogP contribution in [0.15, 0.2) is 103 Å². The summed E-state index contributed by atoms with van der Waals surface area (Å²) in [5, 5.41) is 24.1. The molecule has 0 saturated carbocycles. The van der Waals surface area contributed by atoms with E-state index in [1.165, 1.54) is 0 Å². The fourth-order valence-corrected chi connectivity index (χ4v) is 4.15. The van der Waals surface area contributed by atoms with Crippen LogP contribution in [0.25, 0.3) is 43.8 Å². The van der Waals surface area contributed by atoms with Crippen LogP contribution in [-0.2, 0) is 0 Å². The fourth-order valence-electron chi connectivity index (χ4n) is 4.15. The molecule has 5 aromatic rings. The second-order valence-electron chi connectivity index (χ2n) is 7.23. The average molecular weight is 374 g/mol. The molecule has 0 bridgehead atoms. The van der Waals surface area contributed by atoms with E-state index in [-0.39, 0.29) is 0 Å². The van der Waals surface area contributed by atoms with Gasteiger partial charge in [-0.25, -0.2) is 0 Å². The van der Waals surface area contributed by atoms with Crippen LogP contribution in [0.2, 0.25) is 0 Å². The predicted molar refractivity (Wildman–Crippen MR) is 122 cm³/mol. The number of hydrogen-bond acceptors (Lipinski definition) is 2. The molecule has 0 fully saturated rings. The molecule has 2 nitrogen and oxygen atoms in total. The van der Waals surface area contributed by atoms with Gasteiger partial charge in [0.2, 0.25) is 0 Å². The molecule has 0 heterocycles. The molecule has 5 rings (SSSR count). The Hall–Kier alpha value is -3.40. The Bertz CT molecular complexity index is 1330. The summed E-state index contributed by atoms with van der Waals surface area (Å²) in [6, 6.07) is 34.8. The van der Waals surface area contributed by atoms with E-state index >= 15 is 0 Å². The number of fused-ring (bicyclic) bond motifs is 2. The third-order valence-electron chi connectivity index (χ3n) is 5.49. The molecule has 0 spiro atoms. The van der Waals surface area contributed by atoms with E-state index in [4.69, 9.17) is 0 Å². The lowest BCUT2D eigenvalue weighted by molar-refractivity contribution is 0.426. The highest BCUT2D eigenvalue weighted by molar-refractivity contribution is 6.65. The zero-order valence-corrected chi connectivity index (χ0v) is 15.8. The second-order valence-corrected chi connectivity index (χ2v) is 7.23. The van der Waals surface area contributed by atoms with E-state index < -0.39 is 7.12 Å². The van der Waals surface area contributed by atoms with Gasteiger partial charge in [0.15, 0.2) is 0 Å². The van der Waals surface area contributed by atoms with Gasteiger partial charge in [0.05, 0.1) is 0 Å². The zero-order valence-electron chi connectivity index (χ0n) is 15.8. The van der Waals surface area contributed by atoms with Crippen molar-refractivity contribution in [3.63, 3.8) is 0 Å². The van der Waals surface area contributed by atoms with Gasteiger partial charge in [0, 0.05) is 0 Å². The first-order valence-corrected chi connectivity index (χ1v) is 9.69. The summed E-state index contributed by atoms with van der Waals surface area (Å²) < 4.78 is 0. The summed E-state index contributed by atoms with van der Waals surface area (Å²) in [5.41, 5.74) is 5.03. The highest BCUT2D eigenvalue weighted by Crippen LogP contribution is 2.34. The maximum atomic E-state index is 10.2. The lowest BCUT2D eigenvalue weighted by Gasteiger charge is -2.14. The van der Waals surface area contributed by atoms with E-state index in [1.807, 2.05) is 54.6 Å². The Morgan fingerprint density at radius 1 is 0.483 bits per heavy atom. The van der Waals surface area contributed by atoms with Gasteiger partial charge in [-0.15, -0.1) is 0 Å². The average Bonchev–Trinajstić information content (AvgIpc) is 2.77. The summed E-state index contributed by atoms with van der Waals surface area (Å²) in [6.07, 6.45) is 0. The predicted octanol–water partition coefficient (Wildman–Crippen LogP) is 5.01. The fraction of sp³-hybridized carbons (Fsp3) is 0. The van der Waals surface area contributed by atoms with Crippen molar-refractivity contribution in [2.24, 2.45) is 0 Å². The molecule has 0 unspecified atom stereocenters. The summed E-state index contributed by atoms with van der Waals surface area (Å²) in [4.78, 5) is 0. The Kier molecular flexibility index (Phi) is 4.40. The molecule has 0 aliphatic heterocycles. The van der Waals surface area contributed by atoms with Crippen molar-refractivity contribution in [2.45, 2.75) is 0 Å². The lowest BCUT2D eigenvalue weighted by atomic mass is 9.73. The van der Waals surface area contributed by atoms with Crippen LogP contribution in [-0.4, -0.2) is 17.2 Å². The summed E-state index contributed by atoms with van der Waals surface area (Å²) in [7, 11) is -1.54. The molecule has 0 aliphatic carbocycles. The number of rotatable bonds is 3. The molecule has 29 heavy (non-hydrogen) atoms. The highest BCUT2D eigenvalue weighted by Gasteiger charge is 2.19. The minimum Gasteiger partial charge on any atom is -0.423 e. The molecule has 2 N–H and O–H groups in total. The lowest BCUT2D eigenvalue weighted by Crippen LogP contribution is -2.31. The summed E-state index contributed by atoms with van der Waals surface area (Å²) >= 11 is 0. The number of hydrogen-bond donors (Lipinski definition) is 2. The van der Waals surface area contributed by atoms with Gasteiger partial charge in [-0.1, -0.05) is 91.0 Å². The highest BCUT2D eigenvalue weighted by atomic mass is 16.4. The normalized spacial score (nSPS) is 11.1. The van der Waals surface area contributed by atoms with Crippen LogP contribution < -0.4 is 5.46 Å². The van der Waals surface area contributed by atoms with Crippen LogP contribution in [0.3, 0.4) is 0 Å². The maximum absolute atomic E-state index is 10.2. The largest absolute Gasteiger partial charge is 0.489 e. The van der Waals surface area contributed by atoms with Gasteiger partial charge in [0.25, 0.3) is 0 Å². The van der Waals surface area contributed by atoms with Gasteiger partial charge in [0.1, 0.15) is 0 Å². The molecule has 0 aromatic heterocycles. The van der Waals surface area contributed by atoms with Gasteiger partial charge in [-0.3, -0.25) is 0 Å². The molecule has 0 radical (unpaired) electrons. The Balaban J connectivity index is 1.79. The van der Waals surface area contributed by atoms with Crippen LogP contribution >= 0.6 is 0 Å². The third kappa shape index (κ3) is 3.11. The van der Waals surface area contributed by atoms with E-state index in [1.54, 1.807) is 0 Å². The van der Waals surface area contributed by atoms with Crippen LogP contribution in [0, 0.1) is 0 Å². The number of benzene rings is 5. The first kappa shape index (κ1) is 17.7. The summed E-state index contributed by atoms with van der Waals surface area (Å²) in [5.74, 6) is 0. The van der Waals surface area contributed by atoms with Crippen molar-refractivity contribution in [3.05, 3.63) is 103 Å². The Morgan fingerprint density at radius 3 is 1.86 bits per heavy atom. The molecular weight excluding hydrogens is 355 g/mol. The Morgan fingerprint density at radius 2 is 1.10 bits per heavy atom. The molecule has 0 amide bonds. The van der Waals surface area contributed by atoms with Crippen molar-refractivity contribution in [1.82, 2.24) is 0 Å². The first-order valence-electron chi connectivity index (χ1n) is 9.69. The minimum atomic E-state index is -1.54. The van der Waals surface area contributed by atoms with Crippen molar-refractivity contribution in [2.75, 3.05) is 0 Å². The quantitative estimate of drug-likeness (QED) is 0.344. The minimum absolute atomic E-state index is 0.553. The zero-order chi connectivity index (χ0) is 19.8. The second kappa shape index (κ2) is 7.21. The van der Waals surface area contributed by atoms with Crippen molar-refractivity contribution < 1.29 is 10.0 Å². The molecule has 3 heteroatoms. The monoisotopic (exact) mass is 374 g/mol. The molecule has 0 saturated heterocycles.